The summed E-state index contributed by atoms with van der Waals surface area (Å²) in [4.78, 5) is 4.29. The Kier molecular flexibility index (Phi) is 3.30. The highest BCUT2D eigenvalue weighted by atomic mass is 79.9. The number of rotatable bonds is 1. The van der Waals surface area contributed by atoms with Crippen molar-refractivity contribution in [1.29, 1.82) is 0 Å². The van der Waals surface area contributed by atoms with Crippen LogP contribution in [0.15, 0.2) is 39.3 Å². The molecular formula is C14H10Br2FN3. The zero-order valence-electron chi connectivity index (χ0n) is 10.5. The summed E-state index contributed by atoms with van der Waals surface area (Å²) in [5, 5.41) is 0. The van der Waals surface area contributed by atoms with Crippen LogP contribution in [-0.2, 0) is 0 Å². The van der Waals surface area contributed by atoms with Crippen LogP contribution in [0.5, 0.6) is 0 Å². The number of benzene rings is 2. The summed E-state index contributed by atoms with van der Waals surface area (Å²) in [7, 11) is 0. The Labute approximate surface area is 131 Å². The Bertz CT molecular complexity index is 827. The Morgan fingerprint density at radius 2 is 1.95 bits per heavy atom. The van der Waals surface area contributed by atoms with Crippen LogP contribution in [0.3, 0.4) is 0 Å². The standard InChI is InChI=1S/C14H10Br2FN3/c1-7-4-8(15)2-3-12(7)20-13-6-10(17)9(16)5-11(13)19-14(20)18/h2-6H,1H3,(H2,18,19). The second kappa shape index (κ2) is 4.86. The average Bonchev–Trinajstić information content (AvgIpc) is 2.66. The fourth-order valence-corrected chi connectivity index (χ4v) is 3.02. The molecule has 2 aromatic carbocycles. The summed E-state index contributed by atoms with van der Waals surface area (Å²) >= 11 is 6.59. The number of imidazole rings is 1. The number of aryl methyl sites for hydroxylation is 1. The molecule has 0 aliphatic heterocycles. The molecule has 0 saturated carbocycles. The molecule has 1 heterocycles. The number of nitrogen functional groups attached to an aromatic ring is 1. The minimum Gasteiger partial charge on any atom is -0.369 e. The van der Waals surface area contributed by atoms with Gasteiger partial charge in [0.05, 0.1) is 21.2 Å². The average molecular weight is 399 g/mol. The molecular weight excluding hydrogens is 389 g/mol. The largest absolute Gasteiger partial charge is 0.369 e. The summed E-state index contributed by atoms with van der Waals surface area (Å²) in [5.41, 5.74) is 9.20. The van der Waals surface area contributed by atoms with Gasteiger partial charge in [0.25, 0.3) is 0 Å². The van der Waals surface area contributed by atoms with Crippen molar-refractivity contribution in [2.75, 3.05) is 5.73 Å². The van der Waals surface area contributed by atoms with E-state index in [9.17, 15) is 4.39 Å². The highest BCUT2D eigenvalue weighted by Gasteiger charge is 2.14. The van der Waals surface area contributed by atoms with Gasteiger partial charge in [0, 0.05) is 10.5 Å². The molecule has 3 rings (SSSR count). The first-order chi connectivity index (χ1) is 9.47. The molecule has 0 bridgehead atoms. The fourth-order valence-electron chi connectivity index (χ4n) is 2.21. The summed E-state index contributed by atoms with van der Waals surface area (Å²) in [6.45, 7) is 1.97. The highest BCUT2D eigenvalue weighted by molar-refractivity contribution is 9.10. The number of fused-ring (bicyclic) bond motifs is 1. The monoisotopic (exact) mass is 397 g/mol. The summed E-state index contributed by atoms with van der Waals surface area (Å²) < 4.78 is 16.9. The number of hydrogen-bond acceptors (Lipinski definition) is 2. The van der Waals surface area contributed by atoms with Crippen molar-refractivity contribution < 1.29 is 4.39 Å². The molecule has 0 amide bonds. The predicted molar refractivity (Wildman–Crippen MR) is 85.6 cm³/mol. The minimum atomic E-state index is -0.339. The van der Waals surface area contributed by atoms with Gasteiger partial charge in [-0.3, -0.25) is 4.57 Å². The van der Waals surface area contributed by atoms with E-state index in [0.717, 1.165) is 15.7 Å². The predicted octanol–water partition coefficient (Wildman–Crippen LogP) is 4.58. The van der Waals surface area contributed by atoms with Gasteiger partial charge in [0.2, 0.25) is 5.95 Å². The van der Waals surface area contributed by atoms with Gasteiger partial charge in [0.15, 0.2) is 0 Å². The number of halogens is 3. The number of nitrogens with two attached hydrogens (primary N) is 1. The Morgan fingerprint density at radius 3 is 2.65 bits per heavy atom. The van der Waals surface area contributed by atoms with Gasteiger partial charge in [-0.2, -0.15) is 0 Å². The van der Waals surface area contributed by atoms with Crippen molar-refractivity contribution in [1.82, 2.24) is 9.55 Å². The molecule has 2 N–H and O–H groups in total. The van der Waals surface area contributed by atoms with E-state index >= 15 is 0 Å². The molecule has 0 spiro atoms. The topological polar surface area (TPSA) is 43.8 Å². The van der Waals surface area contributed by atoms with Crippen molar-refractivity contribution in [3.63, 3.8) is 0 Å². The molecule has 0 atom stereocenters. The van der Waals surface area contributed by atoms with Crippen LogP contribution < -0.4 is 5.73 Å². The lowest BCUT2D eigenvalue weighted by Crippen LogP contribution is -2.02. The van der Waals surface area contributed by atoms with Gasteiger partial charge >= 0.3 is 0 Å². The first-order valence-corrected chi connectivity index (χ1v) is 7.45. The smallest absolute Gasteiger partial charge is 0.205 e. The normalized spacial score (nSPS) is 11.2. The minimum absolute atomic E-state index is 0.336. The third kappa shape index (κ3) is 2.13. The van der Waals surface area contributed by atoms with E-state index in [2.05, 4.69) is 36.8 Å². The third-order valence-corrected chi connectivity index (χ3v) is 4.22. The van der Waals surface area contributed by atoms with Gasteiger partial charge in [-0.15, -0.1) is 0 Å². The first kappa shape index (κ1) is 13.6. The van der Waals surface area contributed by atoms with E-state index in [1.54, 1.807) is 10.6 Å². The zero-order valence-corrected chi connectivity index (χ0v) is 13.7. The van der Waals surface area contributed by atoms with Crippen LogP contribution >= 0.6 is 31.9 Å². The second-order valence-corrected chi connectivity index (χ2v) is 6.26. The molecule has 0 unspecified atom stereocenters. The molecule has 0 radical (unpaired) electrons. The third-order valence-electron chi connectivity index (χ3n) is 3.12. The van der Waals surface area contributed by atoms with E-state index in [1.165, 1.54) is 6.07 Å². The molecule has 3 nitrogen and oxygen atoms in total. The Balaban J connectivity index is 2.35. The molecule has 0 aliphatic rings. The maximum absolute atomic E-state index is 13.8. The van der Waals surface area contributed by atoms with E-state index < -0.39 is 0 Å². The molecule has 1 aromatic heterocycles. The first-order valence-electron chi connectivity index (χ1n) is 5.87. The lowest BCUT2D eigenvalue weighted by Gasteiger charge is -2.10. The maximum atomic E-state index is 13.8. The lowest BCUT2D eigenvalue weighted by molar-refractivity contribution is 0.622. The number of nitrogens with zero attached hydrogens (tertiary/aromatic N) is 2. The molecule has 102 valence electrons. The summed E-state index contributed by atoms with van der Waals surface area (Å²) in [5.74, 6) is -0.00339. The SMILES string of the molecule is Cc1cc(Br)ccc1-n1c(N)nc2cc(Br)c(F)cc21. The van der Waals surface area contributed by atoms with E-state index in [1.807, 2.05) is 25.1 Å². The van der Waals surface area contributed by atoms with Crippen LogP contribution in [0.25, 0.3) is 16.7 Å². The lowest BCUT2D eigenvalue weighted by atomic mass is 10.2. The molecule has 0 aliphatic carbocycles. The van der Waals surface area contributed by atoms with Crippen LogP contribution in [0, 0.1) is 12.7 Å². The Morgan fingerprint density at radius 1 is 1.20 bits per heavy atom. The zero-order chi connectivity index (χ0) is 14.4. The maximum Gasteiger partial charge on any atom is 0.205 e. The second-order valence-electron chi connectivity index (χ2n) is 4.49. The van der Waals surface area contributed by atoms with Gasteiger partial charge in [-0.05, 0) is 52.7 Å². The Hall–Kier alpha value is -1.40. The van der Waals surface area contributed by atoms with Crippen LogP contribution in [0.4, 0.5) is 10.3 Å². The van der Waals surface area contributed by atoms with Crippen molar-refractivity contribution in [2.45, 2.75) is 6.92 Å². The van der Waals surface area contributed by atoms with Gasteiger partial charge in [0.1, 0.15) is 5.82 Å². The van der Waals surface area contributed by atoms with Crippen LogP contribution in [-0.4, -0.2) is 9.55 Å². The van der Waals surface area contributed by atoms with Crippen LogP contribution in [0.2, 0.25) is 0 Å². The molecule has 6 heteroatoms. The summed E-state index contributed by atoms with van der Waals surface area (Å²) in [6, 6.07) is 8.89. The number of hydrogen-bond donors (Lipinski definition) is 1. The van der Waals surface area contributed by atoms with Gasteiger partial charge in [-0.25, -0.2) is 9.37 Å². The fraction of sp³-hybridized carbons (Fsp3) is 0.0714. The number of anilines is 1. The highest BCUT2D eigenvalue weighted by Crippen LogP contribution is 2.29. The molecule has 20 heavy (non-hydrogen) atoms. The number of aromatic nitrogens is 2. The molecule has 0 fully saturated rings. The van der Waals surface area contributed by atoms with Crippen molar-refractivity contribution in [2.24, 2.45) is 0 Å². The summed E-state index contributed by atoms with van der Waals surface area (Å²) in [6.07, 6.45) is 0. The van der Waals surface area contributed by atoms with E-state index in [4.69, 9.17) is 5.73 Å². The quantitative estimate of drug-likeness (QED) is 0.651. The van der Waals surface area contributed by atoms with Gasteiger partial charge < -0.3 is 5.73 Å². The molecule has 0 saturated heterocycles. The van der Waals surface area contributed by atoms with E-state index in [0.29, 0.717) is 21.5 Å². The van der Waals surface area contributed by atoms with Crippen molar-refractivity contribution in [3.05, 3.63) is 50.7 Å². The molecule has 3 aromatic rings. The van der Waals surface area contributed by atoms with Crippen molar-refractivity contribution >= 4 is 48.8 Å². The van der Waals surface area contributed by atoms with Crippen molar-refractivity contribution in [3.8, 4) is 5.69 Å². The van der Waals surface area contributed by atoms with E-state index in [-0.39, 0.29) is 5.82 Å². The van der Waals surface area contributed by atoms with Gasteiger partial charge in [-0.1, -0.05) is 15.9 Å². The van der Waals surface area contributed by atoms with Crippen LogP contribution in [0.1, 0.15) is 5.56 Å².